The van der Waals surface area contributed by atoms with Crippen molar-refractivity contribution in [3.8, 4) is 0 Å². The monoisotopic (exact) mass is 286 g/mol. The van der Waals surface area contributed by atoms with Gasteiger partial charge in [-0.3, -0.25) is 4.79 Å². The van der Waals surface area contributed by atoms with Gasteiger partial charge in [0, 0.05) is 18.2 Å². The van der Waals surface area contributed by atoms with Crippen molar-refractivity contribution in [2.24, 2.45) is 0 Å². The Hall–Kier alpha value is -1.35. The number of hydrogen-bond donors (Lipinski definition) is 2. The third-order valence-corrected chi connectivity index (χ3v) is 4.88. The fraction of sp³-hybridized carbons (Fsp3) is 0.611. The number of carbonyl (C=O) groups excluding carboxylic acids is 1. The average Bonchev–Trinajstić information content (AvgIpc) is 2.57. The van der Waals surface area contributed by atoms with E-state index in [4.69, 9.17) is 0 Å². The van der Waals surface area contributed by atoms with Crippen LogP contribution in [0.15, 0.2) is 24.3 Å². The lowest BCUT2D eigenvalue weighted by Crippen LogP contribution is -2.36. The smallest absolute Gasteiger partial charge is 0.251 e. The number of nitrogens with one attached hydrogen (secondary N) is 2. The van der Waals surface area contributed by atoms with Crippen LogP contribution in [0.1, 0.15) is 66.8 Å². The highest BCUT2D eigenvalue weighted by atomic mass is 16.1. The van der Waals surface area contributed by atoms with Gasteiger partial charge >= 0.3 is 0 Å². The number of carbonyl (C=O) groups is 1. The number of amides is 1. The fourth-order valence-electron chi connectivity index (χ4n) is 3.56. The van der Waals surface area contributed by atoms with Crippen molar-refractivity contribution >= 4 is 5.91 Å². The first-order chi connectivity index (χ1) is 10.3. The standard InChI is InChI=1S/C18H26N2O/c21-18(20-17-6-2-1-3-7-17)15-10-8-14(9-11-15)16-5-4-12-19-13-16/h8-11,16-17,19H,1-7,12-13H2,(H,20,21). The summed E-state index contributed by atoms with van der Waals surface area (Å²) in [5.74, 6) is 0.699. The molecule has 2 N–H and O–H groups in total. The van der Waals surface area contributed by atoms with Crippen molar-refractivity contribution in [3.63, 3.8) is 0 Å². The first-order valence-corrected chi connectivity index (χ1v) is 8.44. The summed E-state index contributed by atoms with van der Waals surface area (Å²) in [4.78, 5) is 12.3. The van der Waals surface area contributed by atoms with E-state index in [-0.39, 0.29) is 5.91 Å². The fourth-order valence-corrected chi connectivity index (χ4v) is 3.56. The molecule has 3 heteroatoms. The van der Waals surface area contributed by atoms with E-state index in [1.807, 2.05) is 12.1 Å². The molecule has 1 heterocycles. The van der Waals surface area contributed by atoms with Crippen LogP contribution in [0.3, 0.4) is 0 Å². The van der Waals surface area contributed by atoms with Crippen LogP contribution in [0.5, 0.6) is 0 Å². The molecule has 1 aromatic rings. The average molecular weight is 286 g/mol. The van der Waals surface area contributed by atoms with Gasteiger partial charge in [0.05, 0.1) is 0 Å². The quantitative estimate of drug-likeness (QED) is 0.896. The molecule has 1 unspecified atom stereocenters. The molecule has 21 heavy (non-hydrogen) atoms. The van der Waals surface area contributed by atoms with Crippen LogP contribution in [0.25, 0.3) is 0 Å². The molecule has 2 aliphatic rings. The van der Waals surface area contributed by atoms with Crippen LogP contribution in [-0.4, -0.2) is 25.0 Å². The van der Waals surface area contributed by atoms with Gasteiger partial charge < -0.3 is 10.6 Å². The maximum Gasteiger partial charge on any atom is 0.251 e. The van der Waals surface area contributed by atoms with E-state index in [0.717, 1.165) is 31.5 Å². The van der Waals surface area contributed by atoms with E-state index in [1.165, 1.54) is 37.7 Å². The molecule has 2 fully saturated rings. The number of rotatable bonds is 3. The van der Waals surface area contributed by atoms with E-state index in [2.05, 4.69) is 22.8 Å². The largest absolute Gasteiger partial charge is 0.349 e. The Morgan fingerprint density at radius 1 is 1.00 bits per heavy atom. The molecule has 114 valence electrons. The minimum absolute atomic E-state index is 0.0928. The molecule has 0 spiro atoms. The zero-order valence-electron chi connectivity index (χ0n) is 12.7. The van der Waals surface area contributed by atoms with Crippen LogP contribution < -0.4 is 10.6 Å². The van der Waals surface area contributed by atoms with E-state index in [9.17, 15) is 4.79 Å². The summed E-state index contributed by atoms with van der Waals surface area (Å²) in [6, 6.07) is 8.62. The molecule has 3 nitrogen and oxygen atoms in total. The van der Waals surface area contributed by atoms with E-state index >= 15 is 0 Å². The summed E-state index contributed by atoms with van der Waals surface area (Å²) in [6.45, 7) is 2.20. The molecule has 3 rings (SSSR count). The van der Waals surface area contributed by atoms with Gasteiger partial charge in [-0.25, -0.2) is 0 Å². The predicted octanol–water partition coefficient (Wildman–Crippen LogP) is 3.22. The van der Waals surface area contributed by atoms with Gasteiger partial charge in [-0.05, 0) is 55.8 Å². The number of hydrogen-bond acceptors (Lipinski definition) is 2. The molecule has 0 aromatic heterocycles. The molecule has 1 aromatic carbocycles. The van der Waals surface area contributed by atoms with Crippen LogP contribution >= 0.6 is 0 Å². The Morgan fingerprint density at radius 3 is 2.43 bits per heavy atom. The van der Waals surface area contributed by atoms with Crippen molar-refractivity contribution in [3.05, 3.63) is 35.4 Å². The van der Waals surface area contributed by atoms with Crippen LogP contribution in [0.2, 0.25) is 0 Å². The minimum atomic E-state index is 0.0928. The highest BCUT2D eigenvalue weighted by Crippen LogP contribution is 2.23. The van der Waals surface area contributed by atoms with Crippen molar-refractivity contribution < 1.29 is 4.79 Å². The van der Waals surface area contributed by atoms with E-state index < -0.39 is 0 Å². The number of benzene rings is 1. The van der Waals surface area contributed by atoms with Gasteiger partial charge in [-0.2, -0.15) is 0 Å². The Balaban J connectivity index is 1.58. The summed E-state index contributed by atoms with van der Waals surface area (Å²) >= 11 is 0. The van der Waals surface area contributed by atoms with Crippen molar-refractivity contribution in [2.75, 3.05) is 13.1 Å². The zero-order chi connectivity index (χ0) is 14.5. The van der Waals surface area contributed by atoms with Gasteiger partial charge in [-0.15, -0.1) is 0 Å². The Kier molecular flexibility index (Phi) is 4.91. The second kappa shape index (κ2) is 7.08. The Morgan fingerprint density at radius 2 is 1.76 bits per heavy atom. The molecule has 1 aliphatic heterocycles. The minimum Gasteiger partial charge on any atom is -0.349 e. The van der Waals surface area contributed by atoms with Gasteiger partial charge in [0.2, 0.25) is 0 Å². The molecule has 1 amide bonds. The van der Waals surface area contributed by atoms with Crippen LogP contribution in [-0.2, 0) is 0 Å². The molecule has 0 radical (unpaired) electrons. The molecule has 1 saturated heterocycles. The lowest BCUT2D eigenvalue weighted by atomic mass is 9.91. The zero-order valence-corrected chi connectivity index (χ0v) is 12.7. The Labute approximate surface area is 127 Å². The van der Waals surface area contributed by atoms with Crippen molar-refractivity contribution in [2.45, 2.75) is 56.9 Å². The van der Waals surface area contributed by atoms with Crippen LogP contribution in [0.4, 0.5) is 0 Å². The second-order valence-electron chi connectivity index (χ2n) is 6.47. The molecule has 1 atom stereocenters. The maximum atomic E-state index is 12.3. The van der Waals surface area contributed by atoms with E-state index in [1.54, 1.807) is 0 Å². The SMILES string of the molecule is O=C(NC1CCCCC1)c1ccc(C2CCCNC2)cc1. The first-order valence-electron chi connectivity index (χ1n) is 8.44. The maximum absolute atomic E-state index is 12.3. The molecule has 0 bridgehead atoms. The summed E-state index contributed by atoms with van der Waals surface area (Å²) in [7, 11) is 0. The summed E-state index contributed by atoms with van der Waals surface area (Å²) in [6.07, 6.45) is 8.58. The highest BCUT2D eigenvalue weighted by molar-refractivity contribution is 5.94. The number of piperidine rings is 1. The lowest BCUT2D eigenvalue weighted by molar-refractivity contribution is 0.0927. The third-order valence-electron chi connectivity index (χ3n) is 4.88. The summed E-state index contributed by atoms with van der Waals surface area (Å²) < 4.78 is 0. The van der Waals surface area contributed by atoms with Gasteiger partial charge in [0.15, 0.2) is 0 Å². The van der Waals surface area contributed by atoms with E-state index in [0.29, 0.717) is 12.0 Å². The van der Waals surface area contributed by atoms with Gasteiger partial charge in [-0.1, -0.05) is 31.4 Å². The molecular formula is C18H26N2O. The summed E-state index contributed by atoms with van der Waals surface area (Å²) in [5.41, 5.74) is 2.16. The summed E-state index contributed by atoms with van der Waals surface area (Å²) in [5, 5.41) is 6.63. The second-order valence-corrected chi connectivity index (χ2v) is 6.47. The predicted molar refractivity (Wildman–Crippen MR) is 85.6 cm³/mol. The first kappa shape index (κ1) is 14.6. The highest BCUT2D eigenvalue weighted by Gasteiger charge is 2.18. The topological polar surface area (TPSA) is 41.1 Å². The molecule has 1 saturated carbocycles. The normalized spacial score (nSPS) is 23.7. The molecule has 1 aliphatic carbocycles. The van der Waals surface area contributed by atoms with Crippen LogP contribution in [0, 0.1) is 0 Å². The van der Waals surface area contributed by atoms with Crippen molar-refractivity contribution in [1.82, 2.24) is 10.6 Å². The van der Waals surface area contributed by atoms with Gasteiger partial charge in [0.25, 0.3) is 5.91 Å². The van der Waals surface area contributed by atoms with Gasteiger partial charge in [0.1, 0.15) is 0 Å². The third kappa shape index (κ3) is 3.85. The molecular weight excluding hydrogens is 260 g/mol. The Bertz CT molecular complexity index is 457. The lowest BCUT2D eigenvalue weighted by Gasteiger charge is -2.24. The van der Waals surface area contributed by atoms with Crippen molar-refractivity contribution in [1.29, 1.82) is 0 Å².